The Balaban J connectivity index is 1.38. The molecular weight excluding hydrogens is 494 g/mol. The summed E-state index contributed by atoms with van der Waals surface area (Å²) in [6.07, 6.45) is 1.63. The van der Waals surface area contributed by atoms with Gasteiger partial charge in [-0.15, -0.1) is 5.10 Å². The summed E-state index contributed by atoms with van der Waals surface area (Å²) in [4.78, 5) is 21.4. The number of ether oxygens (including phenoxy) is 1. The van der Waals surface area contributed by atoms with Crippen molar-refractivity contribution in [1.82, 2.24) is 30.1 Å². The van der Waals surface area contributed by atoms with Crippen LogP contribution in [0.15, 0.2) is 70.1 Å². The molecule has 0 bridgehead atoms. The molecule has 0 radical (unpaired) electrons. The predicted octanol–water partition coefficient (Wildman–Crippen LogP) is 3.69. The van der Waals surface area contributed by atoms with E-state index < -0.39 is 6.04 Å². The predicted molar refractivity (Wildman–Crippen MR) is 148 cm³/mol. The smallest absolute Gasteiger partial charge is 0.253 e. The number of tetrazole rings is 1. The number of benzene rings is 2. The highest BCUT2D eigenvalue weighted by molar-refractivity contribution is 5.83. The first kappa shape index (κ1) is 24.9. The van der Waals surface area contributed by atoms with Gasteiger partial charge in [-0.25, -0.2) is 4.68 Å². The molecule has 0 unspecified atom stereocenters. The summed E-state index contributed by atoms with van der Waals surface area (Å²) < 4.78 is 12.6. The summed E-state index contributed by atoms with van der Waals surface area (Å²) in [7, 11) is 1.67. The summed E-state index contributed by atoms with van der Waals surface area (Å²) in [5, 5.41) is 13.7. The molecule has 5 aromatic rings. The standard InChI is InChI=1S/C29H31N7O3/c1-19-15-20(2)24-17-25(29(37)30-26(24)16-19)27(28-31-32-33-36(28)18-23-5-4-14-39-23)35-12-10-34(11-13-35)21-6-8-22(38-3)9-7-21/h4-9,14-17,27H,10-13,18H2,1-3H3,(H,30,37)/t27-/m1/s1. The second-order valence-electron chi connectivity index (χ2n) is 9.99. The number of pyridine rings is 1. The first-order chi connectivity index (χ1) is 19.0. The molecule has 1 aliphatic heterocycles. The maximum Gasteiger partial charge on any atom is 0.253 e. The molecule has 1 saturated heterocycles. The molecule has 200 valence electrons. The van der Waals surface area contributed by atoms with Crippen LogP contribution in [0.5, 0.6) is 5.75 Å². The van der Waals surface area contributed by atoms with Crippen LogP contribution < -0.4 is 15.2 Å². The average molecular weight is 526 g/mol. The van der Waals surface area contributed by atoms with Crippen LogP contribution in [0.1, 0.15) is 34.3 Å². The van der Waals surface area contributed by atoms with Gasteiger partial charge in [-0.05, 0) is 83.9 Å². The third-order valence-corrected chi connectivity index (χ3v) is 7.44. The fourth-order valence-electron chi connectivity index (χ4n) is 5.49. The molecule has 39 heavy (non-hydrogen) atoms. The lowest BCUT2D eigenvalue weighted by atomic mass is 9.99. The number of nitrogens with one attached hydrogen (secondary N) is 1. The molecule has 1 aliphatic rings. The molecular formula is C29H31N7O3. The SMILES string of the molecule is COc1ccc(N2CCN([C@H](c3cc4c(C)cc(C)cc4[nH]c3=O)c3nnnn3Cc3ccco3)CC2)cc1. The van der Waals surface area contributed by atoms with Gasteiger partial charge in [-0.2, -0.15) is 0 Å². The minimum absolute atomic E-state index is 0.136. The molecule has 3 aromatic heterocycles. The van der Waals surface area contributed by atoms with Gasteiger partial charge in [0.25, 0.3) is 5.56 Å². The van der Waals surface area contributed by atoms with Crippen molar-refractivity contribution >= 4 is 16.6 Å². The lowest BCUT2D eigenvalue weighted by Gasteiger charge is -2.39. The fraction of sp³-hybridized carbons (Fsp3) is 0.310. The number of piperazine rings is 1. The van der Waals surface area contributed by atoms with E-state index in [0.717, 1.165) is 65.4 Å². The van der Waals surface area contributed by atoms with E-state index in [2.05, 4.69) is 55.4 Å². The zero-order valence-electron chi connectivity index (χ0n) is 22.3. The van der Waals surface area contributed by atoms with Gasteiger partial charge in [0.05, 0.1) is 13.4 Å². The molecule has 4 heterocycles. The maximum atomic E-state index is 13.6. The monoisotopic (exact) mass is 525 g/mol. The van der Waals surface area contributed by atoms with Gasteiger partial charge in [0.1, 0.15) is 24.1 Å². The highest BCUT2D eigenvalue weighted by atomic mass is 16.5. The molecule has 1 atom stereocenters. The van der Waals surface area contributed by atoms with Crippen molar-refractivity contribution in [3.05, 3.63) is 99.5 Å². The summed E-state index contributed by atoms with van der Waals surface area (Å²) in [6, 6.07) is 17.6. The van der Waals surface area contributed by atoms with Crippen LogP contribution in [0.3, 0.4) is 0 Å². The number of rotatable bonds is 7. The van der Waals surface area contributed by atoms with Gasteiger partial charge in [-0.3, -0.25) is 9.69 Å². The van der Waals surface area contributed by atoms with Crippen LogP contribution in [0.25, 0.3) is 10.9 Å². The highest BCUT2D eigenvalue weighted by Crippen LogP contribution is 2.30. The van der Waals surface area contributed by atoms with E-state index in [1.807, 2.05) is 43.3 Å². The van der Waals surface area contributed by atoms with Crippen LogP contribution in [-0.2, 0) is 6.54 Å². The minimum atomic E-state index is -0.429. The number of hydrogen-bond acceptors (Lipinski definition) is 8. The van der Waals surface area contributed by atoms with E-state index in [1.54, 1.807) is 18.1 Å². The number of hydrogen-bond donors (Lipinski definition) is 1. The minimum Gasteiger partial charge on any atom is -0.497 e. The number of nitrogens with zero attached hydrogens (tertiary/aromatic N) is 6. The maximum absolute atomic E-state index is 13.6. The van der Waals surface area contributed by atoms with E-state index in [9.17, 15) is 4.79 Å². The molecule has 2 aromatic carbocycles. The van der Waals surface area contributed by atoms with Gasteiger partial charge in [0, 0.05) is 48.3 Å². The van der Waals surface area contributed by atoms with Crippen molar-refractivity contribution in [2.45, 2.75) is 26.4 Å². The van der Waals surface area contributed by atoms with Crippen LogP contribution in [-0.4, -0.2) is 63.4 Å². The Morgan fingerprint density at radius 1 is 1.05 bits per heavy atom. The quantitative estimate of drug-likeness (QED) is 0.343. The normalized spacial score (nSPS) is 15.1. The Hall–Kier alpha value is -4.44. The Kier molecular flexibility index (Phi) is 6.62. The van der Waals surface area contributed by atoms with Crippen LogP contribution in [0, 0.1) is 13.8 Å². The Morgan fingerprint density at radius 3 is 2.56 bits per heavy atom. The molecule has 0 aliphatic carbocycles. The van der Waals surface area contributed by atoms with Gasteiger partial charge in [-0.1, -0.05) is 6.07 Å². The van der Waals surface area contributed by atoms with Crippen molar-refractivity contribution in [2.24, 2.45) is 0 Å². The number of anilines is 1. The van der Waals surface area contributed by atoms with E-state index >= 15 is 0 Å². The number of fused-ring (bicyclic) bond motifs is 1. The zero-order valence-corrected chi connectivity index (χ0v) is 22.3. The van der Waals surface area contributed by atoms with Crippen molar-refractivity contribution in [3.63, 3.8) is 0 Å². The largest absolute Gasteiger partial charge is 0.497 e. The number of aromatic amines is 1. The number of methoxy groups -OCH3 is 1. The van der Waals surface area contributed by atoms with E-state index in [0.29, 0.717) is 17.9 Å². The molecule has 0 spiro atoms. The lowest BCUT2D eigenvalue weighted by Crippen LogP contribution is -2.49. The average Bonchev–Trinajstić information content (AvgIpc) is 3.63. The molecule has 6 rings (SSSR count). The third-order valence-electron chi connectivity index (χ3n) is 7.44. The molecule has 1 N–H and O–H groups in total. The number of aromatic nitrogens is 5. The molecule has 10 nitrogen and oxygen atoms in total. The van der Waals surface area contributed by atoms with Gasteiger partial charge in [0.15, 0.2) is 5.82 Å². The summed E-state index contributed by atoms with van der Waals surface area (Å²) in [5.41, 5.74) is 4.69. The summed E-state index contributed by atoms with van der Waals surface area (Å²) in [5.74, 6) is 2.19. The second-order valence-corrected chi connectivity index (χ2v) is 9.99. The Labute approximate surface area is 225 Å². The molecule has 0 amide bonds. The topological polar surface area (TPSA) is 105 Å². The van der Waals surface area contributed by atoms with Gasteiger partial charge < -0.3 is 19.0 Å². The van der Waals surface area contributed by atoms with Gasteiger partial charge in [0.2, 0.25) is 0 Å². The van der Waals surface area contributed by atoms with E-state index in [1.165, 1.54) is 0 Å². The highest BCUT2D eigenvalue weighted by Gasteiger charge is 2.33. The van der Waals surface area contributed by atoms with Crippen LogP contribution in [0.4, 0.5) is 5.69 Å². The van der Waals surface area contributed by atoms with Crippen molar-refractivity contribution < 1.29 is 9.15 Å². The fourth-order valence-corrected chi connectivity index (χ4v) is 5.49. The van der Waals surface area contributed by atoms with Crippen molar-refractivity contribution in [2.75, 3.05) is 38.2 Å². The first-order valence-corrected chi connectivity index (χ1v) is 13.1. The zero-order chi connectivity index (χ0) is 26.9. The van der Waals surface area contributed by atoms with E-state index in [-0.39, 0.29) is 5.56 Å². The van der Waals surface area contributed by atoms with Crippen molar-refractivity contribution in [1.29, 1.82) is 0 Å². The first-order valence-electron chi connectivity index (χ1n) is 13.1. The number of aryl methyl sites for hydroxylation is 2. The van der Waals surface area contributed by atoms with E-state index in [4.69, 9.17) is 9.15 Å². The lowest BCUT2D eigenvalue weighted by molar-refractivity contribution is 0.200. The summed E-state index contributed by atoms with van der Waals surface area (Å²) in [6.45, 7) is 7.54. The number of H-pyrrole nitrogens is 1. The second kappa shape index (κ2) is 10.4. The Bertz CT molecular complexity index is 1630. The third kappa shape index (κ3) is 4.90. The van der Waals surface area contributed by atoms with Crippen molar-refractivity contribution in [3.8, 4) is 5.75 Å². The van der Waals surface area contributed by atoms with Gasteiger partial charge >= 0.3 is 0 Å². The molecule has 10 heteroatoms. The summed E-state index contributed by atoms with van der Waals surface area (Å²) >= 11 is 0. The molecule has 1 fully saturated rings. The van der Waals surface area contributed by atoms with Crippen LogP contribution >= 0.6 is 0 Å². The molecule has 0 saturated carbocycles. The Morgan fingerprint density at radius 2 is 1.85 bits per heavy atom. The van der Waals surface area contributed by atoms with Crippen LogP contribution in [0.2, 0.25) is 0 Å². The number of furan rings is 1.